The molecule has 0 fully saturated rings. The number of anilines is 2. The molecule has 182 valence electrons. The molecule has 8 heteroatoms. The molecule has 4 aromatic carbocycles. The molecule has 0 spiro atoms. The Morgan fingerprint density at radius 2 is 1.49 bits per heavy atom. The zero-order chi connectivity index (χ0) is 25.9. The number of ether oxygens (including phenoxy) is 1. The molecule has 2 N–H and O–H groups in total. The van der Waals surface area contributed by atoms with Crippen LogP contribution in [-0.4, -0.2) is 28.8 Å². The summed E-state index contributed by atoms with van der Waals surface area (Å²) in [6.45, 7) is 0.383. The lowest BCUT2D eigenvalue weighted by molar-refractivity contribution is 0.0696. The van der Waals surface area contributed by atoms with Crippen molar-refractivity contribution in [1.29, 1.82) is 0 Å². The van der Waals surface area contributed by atoms with Crippen molar-refractivity contribution in [2.24, 2.45) is 0 Å². The van der Waals surface area contributed by atoms with Gasteiger partial charge in [-0.05, 0) is 66.2 Å². The quantitative estimate of drug-likeness (QED) is 0.351. The topological polar surface area (TPSA) is 113 Å². The second kappa shape index (κ2) is 9.79. The summed E-state index contributed by atoms with van der Waals surface area (Å²) in [5.74, 6) is -2.08. The van der Waals surface area contributed by atoms with Crippen LogP contribution in [0.25, 0.3) is 0 Å². The first-order chi connectivity index (χ1) is 17.9. The lowest BCUT2D eigenvalue weighted by Crippen LogP contribution is -2.29. The minimum atomic E-state index is -1.20. The van der Waals surface area contributed by atoms with Gasteiger partial charge in [0.25, 0.3) is 17.7 Å². The second-order valence-corrected chi connectivity index (χ2v) is 8.31. The molecular weight excluding hydrogens is 472 g/mol. The maximum Gasteiger partial charge on any atom is 0.335 e. The number of carbonyl (C=O) groups is 4. The molecule has 0 atom stereocenters. The maximum absolute atomic E-state index is 12.9. The summed E-state index contributed by atoms with van der Waals surface area (Å²) in [6, 6.07) is 26.6. The lowest BCUT2D eigenvalue weighted by Gasteiger charge is -2.15. The fourth-order valence-electron chi connectivity index (χ4n) is 3.97. The Hall–Kier alpha value is -5.24. The van der Waals surface area contributed by atoms with Crippen LogP contribution in [-0.2, 0) is 6.61 Å². The number of carbonyl (C=O) groups excluding carboxylic acids is 3. The first-order valence-corrected chi connectivity index (χ1v) is 11.3. The summed E-state index contributed by atoms with van der Waals surface area (Å²) in [5, 5.41) is 12.0. The molecule has 0 radical (unpaired) electrons. The highest BCUT2D eigenvalue weighted by Crippen LogP contribution is 2.30. The largest absolute Gasteiger partial charge is 0.489 e. The van der Waals surface area contributed by atoms with E-state index in [9.17, 15) is 24.3 Å². The highest BCUT2D eigenvalue weighted by Gasteiger charge is 2.37. The van der Waals surface area contributed by atoms with Crippen molar-refractivity contribution in [3.8, 4) is 5.75 Å². The van der Waals surface area contributed by atoms with E-state index < -0.39 is 23.7 Å². The number of rotatable bonds is 7. The van der Waals surface area contributed by atoms with E-state index in [-0.39, 0.29) is 27.9 Å². The van der Waals surface area contributed by atoms with Gasteiger partial charge >= 0.3 is 5.97 Å². The molecule has 8 nitrogen and oxygen atoms in total. The Morgan fingerprint density at radius 1 is 0.757 bits per heavy atom. The lowest BCUT2D eigenvalue weighted by atomic mass is 10.1. The molecule has 0 saturated carbocycles. The van der Waals surface area contributed by atoms with Gasteiger partial charge < -0.3 is 15.2 Å². The third kappa shape index (κ3) is 4.81. The van der Waals surface area contributed by atoms with Crippen LogP contribution in [0, 0.1) is 0 Å². The highest BCUT2D eigenvalue weighted by atomic mass is 16.5. The number of aromatic carboxylic acids is 1. The molecule has 0 aliphatic carbocycles. The van der Waals surface area contributed by atoms with Crippen LogP contribution in [0.1, 0.15) is 47.0 Å². The molecule has 0 saturated heterocycles. The number of benzene rings is 4. The number of amides is 3. The van der Waals surface area contributed by atoms with Crippen LogP contribution in [0.4, 0.5) is 11.4 Å². The van der Waals surface area contributed by atoms with Gasteiger partial charge in [-0.1, -0.05) is 36.4 Å². The third-order valence-electron chi connectivity index (χ3n) is 5.86. The molecule has 37 heavy (non-hydrogen) atoms. The predicted molar refractivity (Wildman–Crippen MR) is 136 cm³/mol. The van der Waals surface area contributed by atoms with Crippen LogP contribution >= 0.6 is 0 Å². The van der Waals surface area contributed by atoms with Crippen molar-refractivity contribution in [1.82, 2.24) is 0 Å². The van der Waals surface area contributed by atoms with Gasteiger partial charge in [0.2, 0.25) is 0 Å². The summed E-state index contributed by atoms with van der Waals surface area (Å²) in [7, 11) is 0. The van der Waals surface area contributed by atoms with Crippen LogP contribution in [0.5, 0.6) is 5.75 Å². The van der Waals surface area contributed by atoms with E-state index in [1.165, 1.54) is 30.3 Å². The van der Waals surface area contributed by atoms with Crippen molar-refractivity contribution in [2.75, 3.05) is 10.2 Å². The van der Waals surface area contributed by atoms with Gasteiger partial charge in [-0.3, -0.25) is 14.4 Å². The Morgan fingerprint density at radius 3 is 2.22 bits per heavy atom. The second-order valence-electron chi connectivity index (χ2n) is 8.31. The highest BCUT2D eigenvalue weighted by molar-refractivity contribution is 6.34. The van der Waals surface area contributed by atoms with E-state index in [0.717, 1.165) is 16.2 Å². The first kappa shape index (κ1) is 23.5. The monoisotopic (exact) mass is 492 g/mol. The SMILES string of the molecule is O=C(O)c1ccc2c(c1)C(=O)N(c1cccc(C(=O)Nc3ccc(COc4ccccc4)cc3)c1)C2=O. The number of hydrogen-bond acceptors (Lipinski definition) is 5. The molecular formula is C29H20N2O6. The third-order valence-corrected chi connectivity index (χ3v) is 5.86. The van der Waals surface area contributed by atoms with Crippen LogP contribution in [0.3, 0.4) is 0 Å². The summed E-state index contributed by atoms with van der Waals surface area (Å²) >= 11 is 0. The molecule has 5 rings (SSSR count). The van der Waals surface area contributed by atoms with E-state index in [1.807, 2.05) is 42.5 Å². The number of hydrogen-bond donors (Lipinski definition) is 2. The van der Waals surface area contributed by atoms with Gasteiger partial charge in [-0.2, -0.15) is 0 Å². The van der Waals surface area contributed by atoms with Crippen LogP contribution in [0.15, 0.2) is 97.1 Å². The summed E-state index contributed by atoms with van der Waals surface area (Å²) in [6.07, 6.45) is 0. The molecule has 1 heterocycles. The minimum Gasteiger partial charge on any atom is -0.489 e. The minimum absolute atomic E-state index is 0.0103. The Kier molecular flexibility index (Phi) is 6.22. The van der Waals surface area contributed by atoms with E-state index in [2.05, 4.69) is 5.32 Å². The zero-order valence-corrected chi connectivity index (χ0v) is 19.4. The maximum atomic E-state index is 12.9. The van der Waals surface area contributed by atoms with Gasteiger partial charge in [0.15, 0.2) is 0 Å². The van der Waals surface area contributed by atoms with Gasteiger partial charge in [0.05, 0.1) is 22.4 Å². The number of fused-ring (bicyclic) bond motifs is 1. The Bertz CT molecular complexity index is 1530. The molecule has 1 aliphatic rings. The fraction of sp³-hybridized carbons (Fsp3) is 0.0345. The molecule has 4 aromatic rings. The molecule has 0 aromatic heterocycles. The number of nitrogens with one attached hydrogen (secondary N) is 1. The van der Waals surface area contributed by atoms with E-state index in [1.54, 1.807) is 24.3 Å². The van der Waals surface area contributed by atoms with Gasteiger partial charge in [0, 0.05) is 11.3 Å². The predicted octanol–water partition coefficient (Wildman–Crippen LogP) is 5.02. The van der Waals surface area contributed by atoms with Crippen LogP contribution < -0.4 is 15.0 Å². The molecule has 3 amide bonds. The number of nitrogens with zero attached hydrogens (tertiary/aromatic N) is 1. The van der Waals surface area contributed by atoms with E-state index in [0.29, 0.717) is 12.3 Å². The standard InChI is InChI=1S/C29H20N2O6/c32-26(30-21-12-9-18(10-13-21)17-37-23-7-2-1-3-8-23)19-5-4-6-22(15-19)31-27(33)24-14-11-20(29(35)36)16-25(24)28(31)34/h1-16H,17H2,(H,30,32)(H,35,36). The van der Waals surface area contributed by atoms with Gasteiger partial charge in [-0.25, -0.2) is 9.69 Å². The average Bonchev–Trinajstić information content (AvgIpc) is 3.18. The fourth-order valence-corrected chi connectivity index (χ4v) is 3.97. The van der Waals surface area contributed by atoms with Gasteiger partial charge in [-0.15, -0.1) is 0 Å². The number of imide groups is 1. The van der Waals surface area contributed by atoms with Crippen molar-refractivity contribution in [3.63, 3.8) is 0 Å². The van der Waals surface area contributed by atoms with Gasteiger partial charge in [0.1, 0.15) is 12.4 Å². The van der Waals surface area contributed by atoms with Crippen molar-refractivity contribution in [3.05, 3.63) is 125 Å². The van der Waals surface area contributed by atoms with Crippen molar-refractivity contribution >= 4 is 35.1 Å². The average molecular weight is 492 g/mol. The zero-order valence-electron chi connectivity index (χ0n) is 19.4. The number of para-hydroxylation sites is 1. The molecule has 0 unspecified atom stereocenters. The smallest absolute Gasteiger partial charge is 0.335 e. The molecule has 0 bridgehead atoms. The van der Waals surface area contributed by atoms with E-state index in [4.69, 9.17) is 4.74 Å². The van der Waals surface area contributed by atoms with Crippen molar-refractivity contribution in [2.45, 2.75) is 6.61 Å². The first-order valence-electron chi connectivity index (χ1n) is 11.3. The van der Waals surface area contributed by atoms with E-state index >= 15 is 0 Å². The normalized spacial score (nSPS) is 12.3. The van der Waals surface area contributed by atoms with Crippen LogP contribution in [0.2, 0.25) is 0 Å². The summed E-state index contributed by atoms with van der Waals surface area (Å²) < 4.78 is 5.73. The Labute approximate surface area is 211 Å². The molecule has 1 aliphatic heterocycles. The summed E-state index contributed by atoms with van der Waals surface area (Å²) in [5.41, 5.74) is 1.99. The Balaban J connectivity index is 1.28. The van der Waals surface area contributed by atoms with Crippen molar-refractivity contribution < 1.29 is 29.0 Å². The number of carboxylic acid groups (broad SMARTS) is 1. The summed E-state index contributed by atoms with van der Waals surface area (Å²) in [4.78, 5) is 50.9. The number of carboxylic acids is 1.